The Hall–Kier alpha value is -2.90. The lowest BCUT2D eigenvalue weighted by atomic mass is 10.1. The molecule has 1 aliphatic heterocycles. The van der Waals surface area contributed by atoms with E-state index in [0.717, 1.165) is 19.5 Å². The molecular weight excluding hydrogens is 474 g/mol. The number of aliphatic imine (C=N–C) groups is 2. The Morgan fingerprint density at radius 2 is 1.95 bits per heavy atom. The number of rotatable bonds is 13. The van der Waals surface area contributed by atoms with Crippen LogP contribution < -0.4 is 10.6 Å². The molecule has 7 nitrogen and oxygen atoms in total. The van der Waals surface area contributed by atoms with Gasteiger partial charge in [0, 0.05) is 76.7 Å². The molecular formula is C31H55N5O2. The standard InChI is InChI=1S/C17H25N3.C10H18N2O2.2C2H6/c1-4-16(8-7-15(2)12-18-3)13-20-14-17-6-5-10-19-11-9-17;1-3-4-5-9(11)6-10(14)7-12-8(2)13;2*1-2/h4-5,7-12,15,20H,6,13-14H2,1-3H3;3-4,10-11,14H,5-7H2,1-2H3,(H,12,13);2*1-2H3/b8-7-,16-4+,18-12?;4-3-,11-9?;;. The van der Waals surface area contributed by atoms with Crippen molar-refractivity contribution < 1.29 is 9.90 Å². The van der Waals surface area contributed by atoms with Gasteiger partial charge in [0.05, 0.1) is 6.10 Å². The van der Waals surface area contributed by atoms with Gasteiger partial charge in [-0.1, -0.05) is 76.6 Å². The maximum Gasteiger partial charge on any atom is 0.216 e. The van der Waals surface area contributed by atoms with Crippen molar-refractivity contribution in [3.8, 4) is 0 Å². The topological polar surface area (TPSA) is 110 Å². The predicted molar refractivity (Wildman–Crippen MR) is 169 cm³/mol. The second-order valence-corrected chi connectivity index (χ2v) is 7.98. The molecule has 0 fully saturated rings. The number of hydrogen-bond donors (Lipinski definition) is 4. The van der Waals surface area contributed by atoms with Crippen molar-refractivity contribution in [2.75, 3.05) is 26.7 Å². The van der Waals surface area contributed by atoms with Gasteiger partial charge < -0.3 is 26.1 Å². The van der Waals surface area contributed by atoms with Crippen LogP contribution in [0.3, 0.4) is 0 Å². The Morgan fingerprint density at radius 1 is 1.26 bits per heavy atom. The summed E-state index contributed by atoms with van der Waals surface area (Å²) in [5.74, 6) is 0.213. The fraction of sp³-hybridized carbons (Fsp3) is 0.548. The Balaban J connectivity index is -0.000000598. The normalized spacial score (nSPS) is 14.4. The van der Waals surface area contributed by atoms with Crippen molar-refractivity contribution in [3.05, 3.63) is 59.9 Å². The van der Waals surface area contributed by atoms with E-state index in [0.29, 0.717) is 24.5 Å². The number of hydrogen-bond acceptors (Lipinski definition) is 6. The number of carbonyl (C=O) groups excluding carboxylic acids is 1. The lowest BCUT2D eigenvalue weighted by molar-refractivity contribution is -0.119. The highest BCUT2D eigenvalue weighted by Crippen LogP contribution is 2.05. The van der Waals surface area contributed by atoms with Crippen LogP contribution in [0.15, 0.2) is 69.9 Å². The van der Waals surface area contributed by atoms with Gasteiger partial charge in [-0.25, -0.2) is 0 Å². The van der Waals surface area contributed by atoms with Crippen LogP contribution >= 0.6 is 0 Å². The van der Waals surface area contributed by atoms with Crippen LogP contribution in [-0.4, -0.2) is 61.9 Å². The molecule has 0 aromatic heterocycles. The largest absolute Gasteiger partial charge is 0.391 e. The van der Waals surface area contributed by atoms with Crippen LogP contribution in [-0.2, 0) is 4.79 Å². The number of aliphatic hydroxyl groups is 1. The molecule has 1 amide bonds. The van der Waals surface area contributed by atoms with Crippen molar-refractivity contribution >= 4 is 24.0 Å². The number of allylic oxidation sites excluding steroid dienone is 6. The summed E-state index contributed by atoms with van der Waals surface area (Å²) in [4.78, 5) is 18.7. The lowest BCUT2D eigenvalue weighted by Gasteiger charge is -2.10. The SMILES string of the molecule is C/C=C(\C=C/C(C)C=NC)CNCC1=CC=NC=CC1.C/C=C\CC(=N)CC(O)CNC(C)=O.CC.CC. The van der Waals surface area contributed by atoms with Gasteiger partial charge in [0.15, 0.2) is 0 Å². The van der Waals surface area contributed by atoms with Crippen LogP contribution in [0.5, 0.6) is 0 Å². The number of carbonyl (C=O) groups is 1. The van der Waals surface area contributed by atoms with E-state index in [9.17, 15) is 9.90 Å². The monoisotopic (exact) mass is 529 g/mol. The van der Waals surface area contributed by atoms with Gasteiger partial charge in [-0.05, 0) is 31.9 Å². The van der Waals surface area contributed by atoms with Crippen molar-refractivity contribution in [2.24, 2.45) is 15.9 Å². The summed E-state index contributed by atoms with van der Waals surface area (Å²) in [5.41, 5.74) is 3.12. The molecule has 0 bridgehead atoms. The van der Waals surface area contributed by atoms with Crippen LogP contribution in [0.25, 0.3) is 0 Å². The Morgan fingerprint density at radius 3 is 2.53 bits per heavy atom. The second-order valence-electron chi connectivity index (χ2n) is 7.98. The molecule has 4 N–H and O–H groups in total. The predicted octanol–water partition coefficient (Wildman–Crippen LogP) is 6.24. The molecule has 2 unspecified atom stereocenters. The van der Waals surface area contributed by atoms with E-state index >= 15 is 0 Å². The molecule has 0 aromatic rings. The second kappa shape index (κ2) is 30.3. The molecule has 7 heteroatoms. The van der Waals surface area contributed by atoms with Gasteiger partial charge in [-0.3, -0.25) is 9.79 Å². The summed E-state index contributed by atoms with van der Waals surface area (Å²) in [7, 11) is 1.81. The van der Waals surface area contributed by atoms with E-state index < -0.39 is 6.10 Å². The van der Waals surface area contributed by atoms with Gasteiger partial charge in [-0.15, -0.1) is 0 Å². The summed E-state index contributed by atoms with van der Waals surface area (Å²) in [6, 6.07) is 0. The minimum atomic E-state index is -0.656. The van der Waals surface area contributed by atoms with Gasteiger partial charge in [-0.2, -0.15) is 0 Å². The third-order valence-electron chi connectivity index (χ3n) is 4.69. The third kappa shape index (κ3) is 27.7. The molecule has 0 radical (unpaired) electrons. The molecule has 1 aliphatic rings. The van der Waals surface area contributed by atoms with Gasteiger partial charge in [0.25, 0.3) is 0 Å². The van der Waals surface area contributed by atoms with Gasteiger partial charge >= 0.3 is 0 Å². The highest BCUT2D eigenvalue weighted by molar-refractivity contribution is 5.83. The fourth-order valence-electron chi connectivity index (χ4n) is 2.81. The zero-order chi connectivity index (χ0) is 29.6. The highest BCUT2D eigenvalue weighted by atomic mass is 16.3. The van der Waals surface area contributed by atoms with Crippen LogP contribution in [0.2, 0.25) is 0 Å². The van der Waals surface area contributed by atoms with E-state index in [4.69, 9.17) is 5.41 Å². The van der Waals surface area contributed by atoms with E-state index in [1.54, 1.807) is 7.05 Å². The van der Waals surface area contributed by atoms with E-state index in [-0.39, 0.29) is 12.5 Å². The molecule has 0 saturated carbocycles. The first kappa shape index (κ1) is 39.6. The third-order valence-corrected chi connectivity index (χ3v) is 4.69. The molecule has 216 valence electrons. The lowest BCUT2D eigenvalue weighted by Crippen LogP contribution is -2.31. The minimum absolute atomic E-state index is 0.163. The van der Waals surface area contributed by atoms with Crippen molar-refractivity contribution in [2.45, 2.75) is 80.8 Å². The van der Waals surface area contributed by atoms with E-state index in [1.165, 1.54) is 18.1 Å². The number of nitrogens with one attached hydrogen (secondary N) is 3. The molecule has 1 rings (SSSR count). The van der Waals surface area contributed by atoms with Gasteiger partial charge in [0.2, 0.25) is 5.91 Å². The van der Waals surface area contributed by atoms with Crippen molar-refractivity contribution in [3.63, 3.8) is 0 Å². The Bertz CT molecular complexity index is 805. The molecule has 0 aromatic carbocycles. The van der Waals surface area contributed by atoms with Crippen molar-refractivity contribution in [1.82, 2.24) is 10.6 Å². The zero-order valence-corrected chi connectivity index (χ0v) is 25.4. The minimum Gasteiger partial charge on any atom is -0.391 e. The molecule has 1 heterocycles. The number of nitrogens with zero attached hydrogens (tertiary/aromatic N) is 2. The fourth-order valence-corrected chi connectivity index (χ4v) is 2.81. The maximum absolute atomic E-state index is 10.5. The van der Waals surface area contributed by atoms with Crippen LogP contribution in [0.4, 0.5) is 0 Å². The molecule has 0 spiro atoms. The summed E-state index contributed by atoms with van der Waals surface area (Å²) < 4.78 is 0. The maximum atomic E-state index is 10.5. The Kier molecular flexibility index (Phi) is 31.6. The van der Waals surface area contributed by atoms with Crippen LogP contribution in [0.1, 0.15) is 74.7 Å². The zero-order valence-electron chi connectivity index (χ0n) is 25.4. The van der Waals surface area contributed by atoms with E-state index in [1.807, 2.05) is 65.4 Å². The summed E-state index contributed by atoms with van der Waals surface area (Å²) in [6.07, 6.45) is 21.2. The first-order valence-electron chi connectivity index (χ1n) is 13.7. The van der Waals surface area contributed by atoms with Crippen molar-refractivity contribution in [1.29, 1.82) is 5.41 Å². The van der Waals surface area contributed by atoms with Crippen LogP contribution in [0, 0.1) is 11.3 Å². The number of aliphatic hydroxyl groups excluding tert-OH is 1. The summed E-state index contributed by atoms with van der Waals surface area (Å²) >= 11 is 0. The molecule has 38 heavy (non-hydrogen) atoms. The highest BCUT2D eigenvalue weighted by Gasteiger charge is 2.07. The molecule has 0 saturated heterocycles. The quantitative estimate of drug-likeness (QED) is 0.129. The molecule has 2 atom stereocenters. The van der Waals surface area contributed by atoms with E-state index in [2.05, 4.69) is 64.8 Å². The summed E-state index contributed by atoms with van der Waals surface area (Å²) in [6.45, 7) is 17.5. The molecule has 0 aliphatic carbocycles. The average Bonchev–Trinajstić information content (AvgIpc) is 3.20. The Labute approximate surface area is 233 Å². The smallest absolute Gasteiger partial charge is 0.216 e. The first-order valence-corrected chi connectivity index (χ1v) is 13.7. The summed E-state index contributed by atoms with van der Waals surface area (Å²) in [5, 5.41) is 22.8. The average molecular weight is 530 g/mol. The number of amides is 1. The van der Waals surface area contributed by atoms with Gasteiger partial charge in [0.1, 0.15) is 0 Å². The first-order chi connectivity index (χ1) is 18.3.